The number of nitriles is 1. The Hall–Kier alpha value is -1.60. The Morgan fingerprint density at radius 2 is 2.40 bits per heavy atom. The number of aromatic nitrogens is 1. The molecule has 0 spiro atoms. The van der Waals surface area contributed by atoms with E-state index in [-0.39, 0.29) is 12.1 Å². The van der Waals surface area contributed by atoms with Crippen LogP contribution in [0.4, 0.5) is 0 Å². The number of nitrogens with two attached hydrogens (primary N) is 1. The van der Waals surface area contributed by atoms with Crippen LogP contribution < -0.4 is 10.5 Å². The van der Waals surface area contributed by atoms with Crippen molar-refractivity contribution in [2.45, 2.75) is 31.4 Å². The van der Waals surface area contributed by atoms with Crippen LogP contribution in [0.1, 0.15) is 24.8 Å². The second-order valence-electron chi connectivity index (χ2n) is 3.72. The van der Waals surface area contributed by atoms with Gasteiger partial charge in [-0.25, -0.2) is 4.98 Å². The number of hydrogen-bond donors (Lipinski definition) is 1. The first-order valence-electron chi connectivity index (χ1n) is 5.08. The fraction of sp³-hybridized carbons (Fsp3) is 0.455. The van der Waals surface area contributed by atoms with Crippen molar-refractivity contribution >= 4 is 0 Å². The van der Waals surface area contributed by atoms with E-state index < -0.39 is 0 Å². The third-order valence-electron chi connectivity index (χ3n) is 2.66. The summed E-state index contributed by atoms with van der Waals surface area (Å²) in [7, 11) is 0. The molecule has 0 radical (unpaired) electrons. The molecule has 2 unspecified atom stereocenters. The van der Waals surface area contributed by atoms with Gasteiger partial charge in [-0.15, -0.1) is 0 Å². The van der Waals surface area contributed by atoms with Crippen molar-refractivity contribution in [3.05, 3.63) is 23.9 Å². The van der Waals surface area contributed by atoms with Gasteiger partial charge in [-0.05, 0) is 31.4 Å². The summed E-state index contributed by atoms with van der Waals surface area (Å²) in [5.41, 5.74) is 6.35. The first-order valence-corrected chi connectivity index (χ1v) is 5.08. The average Bonchev–Trinajstić information content (AvgIpc) is 2.65. The van der Waals surface area contributed by atoms with Crippen LogP contribution >= 0.6 is 0 Å². The number of nitrogens with zero attached hydrogens (tertiary/aromatic N) is 2. The van der Waals surface area contributed by atoms with Gasteiger partial charge in [-0.3, -0.25) is 0 Å². The highest BCUT2D eigenvalue weighted by Gasteiger charge is 2.26. The van der Waals surface area contributed by atoms with Crippen molar-refractivity contribution in [3.63, 3.8) is 0 Å². The minimum atomic E-state index is 0.00648. The fourth-order valence-electron chi connectivity index (χ4n) is 1.81. The van der Waals surface area contributed by atoms with Crippen LogP contribution in [0.15, 0.2) is 18.3 Å². The summed E-state index contributed by atoms with van der Waals surface area (Å²) in [5, 5.41) is 8.86. The third-order valence-corrected chi connectivity index (χ3v) is 2.66. The summed E-state index contributed by atoms with van der Waals surface area (Å²) < 4.78 is 5.65. The van der Waals surface area contributed by atoms with Crippen LogP contribution in [0, 0.1) is 11.3 Å². The second kappa shape index (κ2) is 4.28. The van der Waals surface area contributed by atoms with E-state index in [1.165, 1.54) is 0 Å². The summed E-state index contributed by atoms with van der Waals surface area (Å²) in [6, 6.07) is 5.54. The number of ether oxygens (including phenoxy) is 1. The highest BCUT2D eigenvalue weighted by molar-refractivity contribution is 5.37. The van der Waals surface area contributed by atoms with E-state index in [1.54, 1.807) is 18.3 Å². The molecule has 2 rings (SSSR count). The third kappa shape index (κ3) is 2.08. The van der Waals surface area contributed by atoms with E-state index in [2.05, 4.69) is 11.1 Å². The van der Waals surface area contributed by atoms with Crippen LogP contribution in [-0.2, 0) is 0 Å². The van der Waals surface area contributed by atoms with Gasteiger partial charge in [0.15, 0.2) is 0 Å². The molecule has 0 aromatic carbocycles. The zero-order chi connectivity index (χ0) is 10.7. The van der Waals surface area contributed by atoms with Crippen LogP contribution in [0.3, 0.4) is 0 Å². The van der Waals surface area contributed by atoms with Crippen LogP contribution in [0.5, 0.6) is 5.88 Å². The Morgan fingerprint density at radius 3 is 3.07 bits per heavy atom. The maximum atomic E-state index is 8.86. The number of rotatable bonds is 2. The van der Waals surface area contributed by atoms with Crippen LogP contribution in [0.2, 0.25) is 0 Å². The van der Waals surface area contributed by atoms with E-state index in [9.17, 15) is 0 Å². The van der Waals surface area contributed by atoms with Gasteiger partial charge in [0, 0.05) is 12.2 Å². The standard InChI is InChI=1S/C11H13N3O/c12-7-8-3-2-6-14-11(8)15-10-5-1-4-9(10)13/h2-3,6,9-10H,1,4-5,13H2. The van der Waals surface area contributed by atoms with Crippen molar-refractivity contribution in [2.24, 2.45) is 5.73 Å². The second-order valence-corrected chi connectivity index (χ2v) is 3.72. The molecular weight excluding hydrogens is 190 g/mol. The molecule has 0 saturated heterocycles. The van der Waals surface area contributed by atoms with Gasteiger partial charge in [0.2, 0.25) is 5.88 Å². The van der Waals surface area contributed by atoms with Crippen molar-refractivity contribution in [1.29, 1.82) is 5.26 Å². The molecule has 78 valence electrons. The smallest absolute Gasteiger partial charge is 0.231 e. The molecule has 0 bridgehead atoms. The molecule has 2 atom stereocenters. The van der Waals surface area contributed by atoms with E-state index in [1.807, 2.05) is 0 Å². The minimum absolute atomic E-state index is 0.00648. The largest absolute Gasteiger partial charge is 0.472 e. The van der Waals surface area contributed by atoms with Crippen molar-refractivity contribution in [1.82, 2.24) is 4.98 Å². The Balaban J connectivity index is 2.14. The van der Waals surface area contributed by atoms with Gasteiger partial charge in [0.25, 0.3) is 0 Å². The van der Waals surface area contributed by atoms with Crippen LogP contribution in [0.25, 0.3) is 0 Å². The van der Waals surface area contributed by atoms with Gasteiger partial charge in [-0.2, -0.15) is 5.26 Å². The monoisotopic (exact) mass is 203 g/mol. The maximum absolute atomic E-state index is 8.86. The topological polar surface area (TPSA) is 71.9 Å². The van der Waals surface area contributed by atoms with Gasteiger partial charge < -0.3 is 10.5 Å². The summed E-state index contributed by atoms with van der Waals surface area (Å²) in [6.07, 6.45) is 4.64. The van der Waals surface area contributed by atoms with E-state index in [0.29, 0.717) is 11.4 Å². The normalized spacial score (nSPS) is 24.8. The molecule has 1 heterocycles. The molecule has 1 aromatic rings. The molecule has 4 nitrogen and oxygen atoms in total. The van der Waals surface area contributed by atoms with Crippen molar-refractivity contribution in [3.8, 4) is 11.9 Å². The molecular formula is C11H13N3O. The predicted molar refractivity (Wildman–Crippen MR) is 55.2 cm³/mol. The number of pyridine rings is 1. The lowest BCUT2D eigenvalue weighted by atomic mass is 10.2. The molecule has 4 heteroatoms. The minimum Gasteiger partial charge on any atom is -0.472 e. The Labute approximate surface area is 88.7 Å². The first-order chi connectivity index (χ1) is 7.31. The van der Waals surface area contributed by atoms with Gasteiger partial charge in [0.05, 0.1) is 0 Å². The molecule has 1 aliphatic rings. The summed E-state index contributed by atoms with van der Waals surface area (Å²) in [4.78, 5) is 4.05. The molecule has 2 N–H and O–H groups in total. The molecule has 1 fully saturated rings. The van der Waals surface area contributed by atoms with Gasteiger partial charge >= 0.3 is 0 Å². The summed E-state index contributed by atoms with van der Waals surface area (Å²) >= 11 is 0. The maximum Gasteiger partial charge on any atom is 0.231 e. The molecule has 15 heavy (non-hydrogen) atoms. The number of hydrogen-bond acceptors (Lipinski definition) is 4. The van der Waals surface area contributed by atoms with Gasteiger partial charge in [0.1, 0.15) is 17.7 Å². The van der Waals surface area contributed by atoms with E-state index >= 15 is 0 Å². The predicted octanol–water partition coefficient (Wildman–Crippen LogP) is 1.21. The highest BCUT2D eigenvalue weighted by atomic mass is 16.5. The van der Waals surface area contributed by atoms with Crippen molar-refractivity contribution < 1.29 is 4.74 Å². The van der Waals surface area contributed by atoms with E-state index in [4.69, 9.17) is 15.7 Å². The average molecular weight is 203 g/mol. The molecule has 1 aromatic heterocycles. The molecule has 1 saturated carbocycles. The molecule has 0 aliphatic heterocycles. The van der Waals surface area contributed by atoms with Crippen LogP contribution in [-0.4, -0.2) is 17.1 Å². The lowest BCUT2D eigenvalue weighted by molar-refractivity contribution is 0.183. The SMILES string of the molecule is N#Cc1cccnc1OC1CCCC1N. The van der Waals surface area contributed by atoms with Crippen molar-refractivity contribution in [2.75, 3.05) is 0 Å². The Kier molecular flexibility index (Phi) is 2.84. The van der Waals surface area contributed by atoms with E-state index in [0.717, 1.165) is 19.3 Å². The molecule has 0 amide bonds. The van der Waals surface area contributed by atoms with Gasteiger partial charge in [-0.1, -0.05) is 0 Å². The quantitative estimate of drug-likeness (QED) is 0.784. The summed E-state index contributed by atoms with van der Waals surface area (Å²) in [5.74, 6) is 0.405. The lowest BCUT2D eigenvalue weighted by Crippen LogP contribution is -2.34. The first kappa shape index (κ1) is 9.94. The lowest BCUT2D eigenvalue weighted by Gasteiger charge is -2.17. The zero-order valence-corrected chi connectivity index (χ0v) is 8.39. The Bertz CT molecular complexity index is 386. The summed E-state index contributed by atoms with van der Waals surface area (Å²) in [6.45, 7) is 0. The molecule has 1 aliphatic carbocycles. The fourth-order valence-corrected chi connectivity index (χ4v) is 1.81. The Morgan fingerprint density at radius 1 is 1.53 bits per heavy atom. The zero-order valence-electron chi connectivity index (χ0n) is 8.39. The highest BCUT2D eigenvalue weighted by Crippen LogP contribution is 2.23.